The average molecular weight is 209 g/mol. The van der Waals surface area contributed by atoms with E-state index in [1.165, 1.54) is 0 Å². The second-order valence-electron chi connectivity index (χ2n) is 4.10. The highest BCUT2D eigenvalue weighted by Crippen LogP contribution is 2.00. The quantitative estimate of drug-likeness (QED) is 0.758. The van der Waals surface area contributed by atoms with Crippen LogP contribution in [-0.2, 0) is 18.3 Å². The van der Waals surface area contributed by atoms with Crippen LogP contribution in [0.3, 0.4) is 0 Å². The minimum absolute atomic E-state index is 0.260. The molecule has 4 heteroatoms. The van der Waals surface area contributed by atoms with Gasteiger partial charge >= 0.3 is 0 Å². The first-order valence-electron chi connectivity index (χ1n) is 5.30. The fraction of sp³-hybridized carbons (Fsp3) is 0.636. The van der Waals surface area contributed by atoms with Gasteiger partial charge in [-0.2, -0.15) is 5.10 Å². The summed E-state index contributed by atoms with van der Waals surface area (Å²) in [6, 6.07) is 0.441. The molecular formula is C11H19N3O. The summed E-state index contributed by atoms with van der Waals surface area (Å²) in [5, 5.41) is 7.25. The van der Waals surface area contributed by atoms with Gasteiger partial charge in [0.25, 0.3) is 0 Å². The predicted molar refractivity (Wildman–Crippen MR) is 59.7 cm³/mol. The zero-order chi connectivity index (χ0) is 11.3. The van der Waals surface area contributed by atoms with E-state index in [-0.39, 0.29) is 5.78 Å². The minimum atomic E-state index is 0.260. The Hall–Kier alpha value is -1.16. The molecule has 0 saturated heterocycles. The first kappa shape index (κ1) is 11.9. The molecule has 0 aliphatic heterocycles. The normalized spacial score (nSPS) is 10.9. The maximum atomic E-state index is 11.5. The Kier molecular flexibility index (Phi) is 4.49. The van der Waals surface area contributed by atoms with E-state index in [9.17, 15) is 4.79 Å². The van der Waals surface area contributed by atoms with Crippen molar-refractivity contribution < 1.29 is 4.79 Å². The van der Waals surface area contributed by atoms with Crippen LogP contribution >= 0.6 is 0 Å². The van der Waals surface area contributed by atoms with Gasteiger partial charge in [-0.15, -0.1) is 0 Å². The van der Waals surface area contributed by atoms with Crippen LogP contribution in [0.15, 0.2) is 12.4 Å². The van der Waals surface area contributed by atoms with Gasteiger partial charge in [-0.05, 0) is 5.56 Å². The minimum Gasteiger partial charge on any atom is -0.314 e. The molecule has 1 aromatic rings. The van der Waals surface area contributed by atoms with Gasteiger partial charge in [0.05, 0.1) is 6.20 Å². The van der Waals surface area contributed by atoms with E-state index in [1.807, 2.05) is 13.2 Å². The summed E-state index contributed by atoms with van der Waals surface area (Å²) in [7, 11) is 1.86. The molecule has 0 fully saturated rings. The lowest BCUT2D eigenvalue weighted by Gasteiger charge is -2.06. The molecule has 1 rings (SSSR count). The Morgan fingerprint density at radius 2 is 2.33 bits per heavy atom. The van der Waals surface area contributed by atoms with Crippen molar-refractivity contribution >= 4 is 5.78 Å². The van der Waals surface area contributed by atoms with Gasteiger partial charge in [-0.3, -0.25) is 9.48 Å². The zero-order valence-electron chi connectivity index (χ0n) is 9.66. The third-order valence-corrected chi connectivity index (χ3v) is 2.12. The lowest BCUT2D eigenvalue weighted by Crippen LogP contribution is -2.25. The number of carbonyl (C=O) groups excluding carboxylic acids is 1. The molecule has 1 N–H and O–H groups in total. The Bertz CT molecular complexity index is 317. The molecule has 15 heavy (non-hydrogen) atoms. The molecule has 0 bridgehead atoms. The van der Waals surface area contributed by atoms with E-state index in [2.05, 4.69) is 24.3 Å². The van der Waals surface area contributed by atoms with Gasteiger partial charge in [0.2, 0.25) is 0 Å². The van der Waals surface area contributed by atoms with E-state index < -0.39 is 0 Å². The van der Waals surface area contributed by atoms with Crippen LogP contribution in [0.4, 0.5) is 0 Å². The fourth-order valence-electron chi connectivity index (χ4n) is 1.38. The molecule has 0 saturated carbocycles. The molecule has 0 atom stereocenters. The van der Waals surface area contributed by atoms with E-state index in [0.717, 1.165) is 12.1 Å². The summed E-state index contributed by atoms with van der Waals surface area (Å²) < 4.78 is 1.72. The number of Topliss-reactive ketones (excluding diaryl/α,β-unsaturated/α-hetero) is 1. The summed E-state index contributed by atoms with van der Waals surface area (Å²) in [5.74, 6) is 0.260. The number of rotatable bonds is 6. The van der Waals surface area contributed by atoms with Gasteiger partial charge in [-0.25, -0.2) is 0 Å². The first-order valence-corrected chi connectivity index (χ1v) is 5.30. The number of hydrogen-bond acceptors (Lipinski definition) is 3. The lowest BCUT2D eigenvalue weighted by molar-refractivity contribution is -0.118. The molecule has 4 nitrogen and oxygen atoms in total. The summed E-state index contributed by atoms with van der Waals surface area (Å²) in [6.45, 7) is 4.91. The Morgan fingerprint density at radius 3 is 2.87 bits per heavy atom. The average Bonchev–Trinajstić information content (AvgIpc) is 2.50. The molecule has 1 heterocycles. The predicted octanol–water partition coefficient (Wildman–Crippen LogP) is 0.920. The van der Waals surface area contributed by atoms with E-state index >= 15 is 0 Å². The number of aryl methyl sites for hydroxylation is 1. The van der Waals surface area contributed by atoms with Crippen molar-refractivity contribution in [1.29, 1.82) is 0 Å². The van der Waals surface area contributed by atoms with Crippen molar-refractivity contribution in [3.05, 3.63) is 18.0 Å². The van der Waals surface area contributed by atoms with Crippen LogP contribution in [0.25, 0.3) is 0 Å². The highest BCUT2D eigenvalue weighted by atomic mass is 16.1. The maximum Gasteiger partial charge on any atom is 0.138 e. The van der Waals surface area contributed by atoms with Crippen LogP contribution in [-0.4, -0.2) is 28.2 Å². The molecule has 0 radical (unpaired) electrons. The van der Waals surface area contributed by atoms with Gasteiger partial charge in [0.1, 0.15) is 5.78 Å². The number of ketones is 1. The van der Waals surface area contributed by atoms with Gasteiger partial charge in [0, 0.05) is 38.7 Å². The summed E-state index contributed by atoms with van der Waals surface area (Å²) in [6.07, 6.45) is 4.71. The van der Waals surface area contributed by atoms with E-state index in [4.69, 9.17) is 0 Å². The second kappa shape index (κ2) is 5.66. The van der Waals surface area contributed by atoms with Crippen LogP contribution in [0.5, 0.6) is 0 Å². The van der Waals surface area contributed by atoms with Crippen LogP contribution in [0.2, 0.25) is 0 Å². The zero-order valence-corrected chi connectivity index (χ0v) is 9.66. The third kappa shape index (κ3) is 4.74. The Labute approximate surface area is 90.7 Å². The van der Waals surface area contributed by atoms with Crippen molar-refractivity contribution in [2.24, 2.45) is 7.05 Å². The largest absolute Gasteiger partial charge is 0.314 e. The van der Waals surface area contributed by atoms with Crippen molar-refractivity contribution in [3.8, 4) is 0 Å². The standard InChI is InChI=1S/C11H19N3O/c1-9(2)12-5-4-11(15)6-10-7-13-14(3)8-10/h7-9,12H,4-6H2,1-3H3. The van der Waals surface area contributed by atoms with Gasteiger partial charge in [0.15, 0.2) is 0 Å². The fourth-order valence-corrected chi connectivity index (χ4v) is 1.38. The maximum absolute atomic E-state index is 11.5. The topological polar surface area (TPSA) is 46.9 Å². The number of hydrogen-bond donors (Lipinski definition) is 1. The molecular weight excluding hydrogens is 190 g/mol. The molecule has 84 valence electrons. The van der Waals surface area contributed by atoms with Gasteiger partial charge in [-0.1, -0.05) is 13.8 Å². The third-order valence-electron chi connectivity index (χ3n) is 2.12. The molecule has 0 spiro atoms. The smallest absolute Gasteiger partial charge is 0.138 e. The van der Waals surface area contributed by atoms with Crippen LogP contribution in [0, 0.1) is 0 Å². The van der Waals surface area contributed by atoms with Crippen molar-refractivity contribution in [2.45, 2.75) is 32.7 Å². The summed E-state index contributed by atoms with van der Waals surface area (Å²) >= 11 is 0. The van der Waals surface area contributed by atoms with E-state index in [1.54, 1.807) is 10.9 Å². The summed E-state index contributed by atoms with van der Waals surface area (Å²) in [4.78, 5) is 11.5. The highest BCUT2D eigenvalue weighted by Gasteiger charge is 2.05. The summed E-state index contributed by atoms with van der Waals surface area (Å²) in [5.41, 5.74) is 0.993. The molecule has 1 aromatic heterocycles. The number of nitrogens with one attached hydrogen (secondary N) is 1. The number of nitrogens with zero attached hydrogens (tertiary/aromatic N) is 2. The van der Waals surface area contributed by atoms with Crippen molar-refractivity contribution in [1.82, 2.24) is 15.1 Å². The van der Waals surface area contributed by atoms with Crippen molar-refractivity contribution in [3.63, 3.8) is 0 Å². The lowest BCUT2D eigenvalue weighted by atomic mass is 10.1. The van der Waals surface area contributed by atoms with Crippen LogP contribution in [0.1, 0.15) is 25.8 Å². The highest BCUT2D eigenvalue weighted by molar-refractivity contribution is 5.80. The SMILES string of the molecule is CC(C)NCCC(=O)Cc1cnn(C)c1. The molecule has 0 aliphatic carbocycles. The molecule has 0 unspecified atom stereocenters. The monoisotopic (exact) mass is 209 g/mol. The molecule has 0 amide bonds. The van der Waals surface area contributed by atoms with Crippen LogP contribution < -0.4 is 5.32 Å². The second-order valence-corrected chi connectivity index (χ2v) is 4.10. The molecule has 0 aromatic carbocycles. The first-order chi connectivity index (χ1) is 7.08. The number of carbonyl (C=O) groups is 1. The van der Waals surface area contributed by atoms with Crippen molar-refractivity contribution in [2.75, 3.05) is 6.54 Å². The Balaban J connectivity index is 2.24. The Morgan fingerprint density at radius 1 is 1.60 bits per heavy atom. The van der Waals surface area contributed by atoms with Gasteiger partial charge < -0.3 is 5.32 Å². The number of aromatic nitrogens is 2. The molecule has 0 aliphatic rings. The van der Waals surface area contributed by atoms with E-state index in [0.29, 0.717) is 18.9 Å².